The number of aryl methyl sites for hydroxylation is 1. The molecule has 4 amide bonds. The molecule has 1 aromatic heterocycles. The van der Waals surface area contributed by atoms with Crippen molar-refractivity contribution in [2.45, 2.75) is 77.2 Å². The van der Waals surface area contributed by atoms with Crippen LogP contribution in [-0.4, -0.2) is 139 Å². The Labute approximate surface area is 399 Å². The number of ether oxygens (including phenoxy) is 2. The number of amides is 4. The van der Waals surface area contributed by atoms with Crippen molar-refractivity contribution in [2.75, 3.05) is 95.6 Å². The lowest BCUT2D eigenvalue weighted by atomic mass is 9.96. The van der Waals surface area contributed by atoms with E-state index in [1.807, 2.05) is 24.1 Å². The lowest BCUT2D eigenvalue weighted by Crippen LogP contribution is -2.52. The van der Waals surface area contributed by atoms with Crippen LogP contribution >= 0.6 is 0 Å². The van der Waals surface area contributed by atoms with Crippen LogP contribution in [0.4, 0.5) is 30.4 Å². The molecule has 4 N–H and O–H groups in total. The van der Waals surface area contributed by atoms with E-state index in [1.54, 1.807) is 38.0 Å². The smallest absolute Gasteiger partial charge is 0.416 e. The van der Waals surface area contributed by atoms with E-state index in [0.717, 1.165) is 94.9 Å². The second kappa shape index (κ2) is 19.3. The fourth-order valence-corrected chi connectivity index (χ4v) is 10.3. The maximum absolute atomic E-state index is 13.6. The Morgan fingerprint density at radius 3 is 2.42 bits per heavy atom. The van der Waals surface area contributed by atoms with E-state index in [4.69, 9.17) is 15.2 Å². The summed E-state index contributed by atoms with van der Waals surface area (Å²) in [6.45, 7) is 11.5. The quantitative estimate of drug-likeness (QED) is 0.0988. The number of nitrogens with one attached hydrogen (secondary N) is 2. The number of imide groups is 1. The first kappa shape index (κ1) is 47.8. The molecular weight excluding hydrogens is 894 g/mol. The molecule has 9 rings (SSSR count). The zero-order valence-electron chi connectivity index (χ0n) is 39.7. The number of carbonyl (C=O) groups excluding carboxylic acids is 4. The van der Waals surface area contributed by atoms with Crippen molar-refractivity contribution in [3.63, 3.8) is 0 Å². The number of nitrogen functional groups attached to an aromatic ring is 1. The topological polar surface area (TPSA) is 179 Å². The number of carbonyl (C=O) groups is 4. The number of nitrogens with zero attached hydrogens (tertiary/aromatic N) is 7. The number of hydrogen-bond donors (Lipinski definition) is 3. The molecule has 19 heteroatoms. The summed E-state index contributed by atoms with van der Waals surface area (Å²) in [7, 11) is 3.41. The molecule has 1 saturated carbocycles. The molecule has 368 valence electrons. The molecule has 0 bridgehead atoms. The van der Waals surface area contributed by atoms with Gasteiger partial charge in [-0.1, -0.05) is 0 Å². The monoisotopic (exact) mass is 954 g/mol. The number of aromatic nitrogens is 2. The van der Waals surface area contributed by atoms with E-state index in [2.05, 4.69) is 41.4 Å². The number of likely N-dealkylation sites (tertiary alicyclic amines) is 1. The van der Waals surface area contributed by atoms with Crippen LogP contribution in [0.25, 0.3) is 10.9 Å². The predicted octanol–water partition coefficient (Wildman–Crippen LogP) is 5.63. The van der Waals surface area contributed by atoms with Crippen molar-refractivity contribution in [1.82, 2.24) is 34.9 Å². The molecule has 16 nitrogen and oxygen atoms in total. The molecule has 69 heavy (non-hydrogen) atoms. The maximum atomic E-state index is 13.6. The number of benzene rings is 3. The normalized spacial score (nSPS) is 20.4. The van der Waals surface area contributed by atoms with Crippen LogP contribution < -0.4 is 30.7 Å². The molecule has 1 unspecified atom stereocenters. The molecule has 4 aromatic rings. The molecular formula is C50H61F3N10O6. The van der Waals surface area contributed by atoms with Crippen molar-refractivity contribution in [3.05, 3.63) is 76.6 Å². The number of piperazine rings is 1. The summed E-state index contributed by atoms with van der Waals surface area (Å²) in [4.78, 5) is 70.7. The van der Waals surface area contributed by atoms with Gasteiger partial charge in [0, 0.05) is 93.1 Å². The number of piperidine rings is 2. The standard InChI is InChI=1S/C50H61F3N10O6/c1-30(33-19-35(50(51,52)53)22-36(54)20-33)55-46-39-23-43(42(68-4)24-40(39)56-31(2)57-46)69-29-49(11-12-49)28-59(3)45(65)27-60-13-9-32(10-14-60)25-61-15-17-62(18-16-61)37-5-6-38-34(21-37)26-63(48(38)67)41-7-8-44(64)58-47(41)66/h5-6,19-24,30,32,41H,7-18,25-29,54H2,1-4H3,(H,55,56,57)(H,58,64,66)/t30-,41?/m1/s1. The molecule has 1 aliphatic carbocycles. The summed E-state index contributed by atoms with van der Waals surface area (Å²) >= 11 is 0. The highest BCUT2D eigenvalue weighted by molar-refractivity contribution is 6.05. The van der Waals surface area contributed by atoms with Crippen molar-refractivity contribution in [1.29, 1.82) is 0 Å². The SMILES string of the molecule is COc1cc2nc(C)nc(N[C@H](C)c3cc(N)cc(C(F)(F)F)c3)c2cc1OCC1(CN(C)C(=O)CN2CCC(CN3CCN(c4ccc5c(c4)CN(C4CCC(=O)NC4=O)C5=O)CC3)CC2)CC1. The molecule has 5 heterocycles. The molecule has 2 atom stereocenters. The third-order valence-corrected chi connectivity index (χ3v) is 14.6. The fraction of sp³-hybridized carbons (Fsp3) is 0.520. The van der Waals surface area contributed by atoms with E-state index in [-0.39, 0.29) is 35.2 Å². The number of fused-ring (bicyclic) bond motifs is 2. The number of methoxy groups -OCH3 is 1. The van der Waals surface area contributed by atoms with Crippen LogP contribution in [0, 0.1) is 18.3 Å². The Hall–Kier alpha value is -6.21. The van der Waals surface area contributed by atoms with Gasteiger partial charge in [-0.15, -0.1) is 0 Å². The van der Waals surface area contributed by atoms with Gasteiger partial charge in [-0.25, -0.2) is 9.97 Å². The van der Waals surface area contributed by atoms with Crippen molar-refractivity contribution >= 4 is 51.7 Å². The Balaban J connectivity index is 0.729. The van der Waals surface area contributed by atoms with Crippen LogP contribution in [0.15, 0.2) is 48.5 Å². The van der Waals surface area contributed by atoms with Gasteiger partial charge < -0.3 is 35.2 Å². The van der Waals surface area contributed by atoms with E-state index in [1.165, 1.54) is 6.07 Å². The lowest BCUT2D eigenvalue weighted by Gasteiger charge is -2.39. The summed E-state index contributed by atoms with van der Waals surface area (Å²) in [5, 5.41) is 6.25. The minimum Gasteiger partial charge on any atom is -0.493 e. The van der Waals surface area contributed by atoms with Gasteiger partial charge in [-0.3, -0.25) is 34.3 Å². The third-order valence-electron chi connectivity index (χ3n) is 14.6. The Kier molecular flexibility index (Phi) is 13.4. The van der Waals surface area contributed by atoms with Crippen molar-refractivity contribution in [3.8, 4) is 11.5 Å². The molecule has 3 aromatic carbocycles. The van der Waals surface area contributed by atoms with Gasteiger partial charge in [0.15, 0.2) is 11.5 Å². The molecule has 0 spiro atoms. The molecule has 3 saturated heterocycles. The number of likely N-dealkylation sites (N-methyl/N-ethyl adjacent to an activating group) is 1. The Morgan fingerprint density at radius 2 is 1.72 bits per heavy atom. The number of hydrogen-bond acceptors (Lipinski definition) is 13. The van der Waals surface area contributed by atoms with Gasteiger partial charge >= 0.3 is 6.18 Å². The summed E-state index contributed by atoms with van der Waals surface area (Å²) < 4.78 is 53.0. The van der Waals surface area contributed by atoms with Crippen LogP contribution in [0.5, 0.6) is 11.5 Å². The summed E-state index contributed by atoms with van der Waals surface area (Å²) in [6, 6.07) is 11.8. The number of alkyl halides is 3. The first-order valence-electron chi connectivity index (χ1n) is 23.9. The lowest BCUT2D eigenvalue weighted by molar-refractivity contribution is -0.138. The van der Waals surface area contributed by atoms with Gasteiger partial charge in [-0.2, -0.15) is 13.2 Å². The highest BCUT2D eigenvalue weighted by atomic mass is 19.4. The van der Waals surface area contributed by atoms with Crippen LogP contribution in [0.2, 0.25) is 0 Å². The minimum absolute atomic E-state index is 0.0126. The summed E-state index contributed by atoms with van der Waals surface area (Å²) in [5.41, 5.74) is 8.40. The van der Waals surface area contributed by atoms with Crippen LogP contribution in [0.1, 0.15) is 84.4 Å². The first-order chi connectivity index (χ1) is 32.9. The molecule has 5 aliphatic rings. The molecule has 4 fully saturated rings. The Bertz CT molecular complexity index is 2630. The average Bonchev–Trinajstić information content (AvgIpc) is 4.01. The van der Waals surface area contributed by atoms with E-state index >= 15 is 0 Å². The van der Waals surface area contributed by atoms with Gasteiger partial charge in [-0.05, 0) is 119 Å². The van der Waals surface area contributed by atoms with Crippen LogP contribution in [-0.2, 0) is 27.1 Å². The van der Waals surface area contributed by atoms with Crippen LogP contribution in [0.3, 0.4) is 0 Å². The fourth-order valence-electron chi connectivity index (χ4n) is 10.3. The number of halogens is 3. The first-order valence-corrected chi connectivity index (χ1v) is 23.9. The predicted molar refractivity (Wildman–Crippen MR) is 254 cm³/mol. The number of rotatable bonds is 15. The highest BCUT2D eigenvalue weighted by Gasteiger charge is 2.46. The van der Waals surface area contributed by atoms with E-state index in [9.17, 15) is 32.3 Å². The van der Waals surface area contributed by atoms with Gasteiger partial charge in [0.05, 0.1) is 37.4 Å². The minimum atomic E-state index is -4.54. The van der Waals surface area contributed by atoms with E-state index in [0.29, 0.717) is 83.8 Å². The summed E-state index contributed by atoms with van der Waals surface area (Å²) in [6.07, 6.45) is -0.0792. The second-order valence-electron chi connectivity index (χ2n) is 19.7. The second-order valence-corrected chi connectivity index (χ2v) is 19.7. The number of anilines is 3. The van der Waals surface area contributed by atoms with Gasteiger partial charge in [0.2, 0.25) is 17.7 Å². The van der Waals surface area contributed by atoms with Gasteiger partial charge in [0.25, 0.3) is 5.91 Å². The number of nitrogens with two attached hydrogens (primary N) is 1. The van der Waals surface area contributed by atoms with Crippen molar-refractivity contribution < 1.29 is 41.8 Å². The maximum Gasteiger partial charge on any atom is 0.416 e. The highest BCUT2D eigenvalue weighted by Crippen LogP contribution is 2.47. The largest absolute Gasteiger partial charge is 0.493 e. The Morgan fingerprint density at radius 1 is 0.971 bits per heavy atom. The average molecular weight is 955 g/mol. The van der Waals surface area contributed by atoms with Gasteiger partial charge in [0.1, 0.15) is 17.7 Å². The zero-order chi connectivity index (χ0) is 48.8. The zero-order valence-corrected chi connectivity index (χ0v) is 39.7. The van der Waals surface area contributed by atoms with Crippen molar-refractivity contribution in [2.24, 2.45) is 11.3 Å². The molecule has 4 aliphatic heterocycles. The molecule has 0 radical (unpaired) electrons. The van der Waals surface area contributed by atoms with E-state index < -0.39 is 29.7 Å². The summed E-state index contributed by atoms with van der Waals surface area (Å²) in [5.74, 6) is 1.64. The third kappa shape index (κ3) is 10.7.